The van der Waals surface area contributed by atoms with E-state index in [9.17, 15) is 0 Å². The van der Waals surface area contributed by atoms with E-state index in [0.717, 1.165) is 42.0 Å². The van der Waals surface area contributed by atoms with E-state index in [-0.39, 0.29) is 0 Å². The van der Waals surface area contributed by atoms with Crippen molar-refractivity contribution in [2.24, 2.45) is 0 Å². The summed E-state index contributed by atoms with van der Waals surface area (Å²) in [5.74, 6) is 0.899. The molecule has 0 aliphatic heterocycles. The Balaban J connectivity index is 1.73. The lowest BCUT2D eigenvalue weighted by atomic mass is 10.0. The maximum Gasteiger partial charge on any atom is 0.141 e. The van der Waals surface area contributed by atoms with Gasteiger partial charge in [-0.15, -0.1) is 0 Å². The highest BCUT2D eigenvalue weighted by atomic mass is 15.0. The minimum Gasteiger partial charge on any atom is -0.340 e. The molecule has 3 nitrogen and oxygen atoms in total. The molecule has 0 saturated carbocycles. The zero-order chi connectivity index (χ0) is 16.5. The second-order valence-corrected chi connectivity index (χ2v) is 6.46. The number of fused-ring (bicyclic) bond motifs is 3. The highest BCUT2D eigenvalue weighted by Gasteiger charge is 2.23. The number of rotatable bonds is 4. The zero-order valence-corrected chi connectivity index (χ0v) is 14.1. The average Bonchev–Trinajstić information content (AvgIpc) is 2.94. The van der Waals surface area contributed by atoms with E-state index < -0.39 is 0 Å². The summed E-state index contributed by atoms with van der Waals surface area (Å²) in [4.78, 5) is 9.02. The van der Waals surface area contributed by atoms with Crippen molar-refractivity contribution < 1.29 is 0 Å². The number of nitrogens with zero attached hydrogens (tertiary/aromatic N) is 2. The van der Waals surface area contributed by atoms with Crippen LogP contribution in [0, 0.1) is 6.92 Å². The Morgan fingerprint density at radius 3 is 2.88 bits per heavy atom. The zero-order valence-electron chi connectivity index (χ0n) is 14.1. The lowest BCUT2D eigenvalue weighted by Crippen LogP contribution is -1.99. The quantitative estimate of drug-likeness (QED) is 0.572. The van der Waals surface area contributed by atoms with Crippen LogP contribution in [0.5, 0.6) is 0 Å². The van der Waals surface area contributed by atoms with Crippen LogP contribution in [0.25, 0.3) is 11.1 Å². The van der Waals surface area contributed by atoms with Crippen LogP contribution in [-0.4, -0.2) is 9.97 Å². The molecule has 1 aliphatic carbocycles. The lowest BCUT2D eigenvalue weighted by Gasteiger charge is -2.11. The van der Waals surface area contributed by atoms with Crippen molar-refractivity contribution in [3.05, 3.63) is 71.2 Å². The fourth-order valence-corrected chi connectivity index (χ4v) is 3.46. The maximum atomic E-state index is 4.52. The first-order valence-corrected chi connectivity index (χ1v) is 8.54. The SMILES string of the molecule is CCCc1cccc(Nc2ncnc3c2-c2ccc(C)cc2C3)c1. The molecular formula is C21H21N3. The Morgan fingerprint density at radius 1 is 1.08 bits per heavy atom. The molecule has 4 rings (SSSR count). The number of aromatic nitrogens is 2. The largest absolute Gasteiger partial charge is 0.340 e. The number of benzene rings is 2. The molecule has 0 bridgehead atoms. The number of aryl methyl sites for hydroxylation is 2. The van der Waals surface area contributed by atoms with Crippen molar-refractivity contribution in [3.63, 3.8) is 0 Å². The van der Waals surface area contributed by atoms with Crippen LogP contribution in [0.2, 0.25) is 0 Å². The van der Waals surface area contributed by atoms with Gasteiger partial charge in [0.05, 0.1) is 5.69 Å². The molecule has 0 saturated heterocycles. The predicted molar refractivity (Wildman–Crippen MR) is 98.7 cm³/mol. The molecule has 3 aromatic rings. The third-order valence-corrected chi connectivity index (χ3v) is 4.54. The van der Waals surface area contributed by atoms with Crippen LogP contribution in [0.4, 0.5) is 11.5 Å². The monoisotopic (exact) mass is 315 g/mol. The number of nitrogens with one attached hydrogen (secondary N) is 1. The van der Waals surface area contributed by atoms with Crippen LogP contribution in [-0.2, 0) is 12.8 Å². The van der Waals surface area contributed by atoms with Gasteiger partial charge in [0.25, 0.3) is 0 Å². The summed E-state index contributed by atoms with van der Waals surface area (Å²) in [5.41, 5.74) is 8.57. The van der Waals surface area contributed by atoms with E-state index >= 15 is 0 Å². The van der Waals surface area contributed by atoms with E-state index in [1.807, 2.05) is 0 Å². The highest BCUT2D eigenvalue weighted by Crippen LogP contribution is 2.40. The average molecular weight is 315 g/mol. The molecule has 0 spiro atoms. The van der Waals surface area contributed by atoms with Gasteiger partial charge in [-0.3, -0.25) is 0 Å². The molecule has 120 valence electrons. The molecule has 0 atom stereocenters. The van der Waals surface area contributed by atoms with Crippen molar-refractivity contribution in [2.75, 3.05) is 5.32 Å². The van der Waals surface area contributed by atoms with E-state index in [0.29, 0.717) is 0 Å². The van der Waals surface area contributed by atoms with Gasteiger partial charge in [0.15, 0.2) is 0 Å². The van der Waals surface area contributed by atoms with Gasteiger partial charge in [-0.05, 0) is 42.2 Å². The van der Waals surface area contributed by atoms with Gasteiger partial charge in [-0.2, -0.15) is 0 Å². The Hall–Kier alpha value is -2.68. The summed E-state index contributed by atoms with van der Waals surface area (Å²) in [6, 6.07) is 15.2. The summed E-state index contributed by atoms with van der Waals surface area (Å²) < 4.78 is 0. The van der Waals surface area contributed by atoms with Gasteiger partial charge in [-0.1, -0.05) is 49.2 Å². The van der Waals surface area contributed by atoms with E-state index in [1.54, 1.807) is 6.33 Å². The molecule has 1 aromatic heterocycles. The Kier molecular flexibility index (Phi) is 3.77. The molecule has 1 N–H and O–H groups in total. The van der Waals surface area contributed by atoms with Crippen LogP contribution >= 0.6 is 0 Å². The van der Waals surface area contributed by atoms with Crippen LogP contribution in [0.3, 0.4) is 0 Å². The lowest BCUT2D eigenvalue weighted by molar-refractivity contribution is 0.922. The minimum absolute atomic E-state index is 0.888. The fourth-order valence-electron chi connectivity index (χ4n) is 3.46. The van der Waals surface area contributed by atoms with Gasteiger partial charge in [0, 0.05) is 17.7 Å². The molecule has 1 heterocycles. The molecule has 3 heteroatoms. The first-order valence-electron chi connectivity index (χ1n) is 8.54. The molecular weight excluding hydrogens is 294 g/mol. The smallest absolute Gasteiger partial charge is 0.141 e. The first-order chi connectivity index (χ1) is 11.7. The second-order valence-electron chi connectivity index (χ2n) is 6.46. The molecule has 0 radical (unpaired) electrons. The topological polar surface area (TPSA) is 37.8 Å². The van der Waals surface area contributed by atoms with Gasteiger partial charge >= 0.3 is 0 Å². The number of hydrogen-bond acceptors (Lipinski definition) is 3. The predicted octanol–water partition coefficient (Wildman–Crippen LogP) is 5.05. The van der Waals surface area contributed by atoms with Crippen molar-refractivity contribution in [3.8, 4) is 11.1 Å². The van der Waals surface area contributed by atoms with Crippen molar-refractivity contribution in [1.82, 2.24) is 9.97 Å². The van der Waals surface area contributed by atoms with Crippen LogP contribution in [0.1, 0.15) is 35.7 Å². The Labute approximate surface area is 142 Å². The van der Waals surface area contributed by atoms with Crippen LogP contribution in [0.15, 0.2) is 48.8 Å². The Morgan fingerprint density at radius 2 is 2.00 bits per heavy atom. The van der Waals surface area contributed by atoms with E-state index in [1.165, 1.54) is 22.3 Å². The Bertz CT molecular complexity index is 899. The molecule has 0 fully saturated rings. The summed E-state index contributed by atoms with van der Waals surface area (Å²) in [6.07, 6.45) is 4.80. The second kappa shape index (κ2) is 6.08. The van der Waals surface area contributed by atoms with Gasteiger partial charge in [0.1, 0.15) is 12.1 Å². The third kappa shape index (κ3) is 2.67. The molecule has 0 unspecified atom stereocenters. The minimum atomic E-state index is 0.888. The number of hydrogen-bond donors (Lipinski definition) is 1. The van der Waals surface area contributed by atoms with Crippen molar-refractivity contribution in [1.29, 1.82) is 0 Å². The molecule has 0 amide bonds. The summed E-state index contributed by atoms with van der Waals surface area (Å²) in [7, 11) is 0. The third-order valence-electron chi connectivity index (χ3n) is 4.54. The fraction of sp³-hybridized carbons (Fsp3) is 0.238. The summed E-state index contributed by atoms with van der Waals surface area (Å²) >= 11 is 0. The first kappa shape index (κ1) is 14.9. The maximum absolute atomic E-state index is 4.52. The van der Waals surface area contributed by atoms with Gasteiger partial charge < -0.3 is 5.32 Å². The summed E-state index contributed by atoms with van der Waals surface area (Å²) in [5, 5.41) is 3.51. The van der Waals surface area contributed by atoms with Crippen molar-refractivity contribution >= 4 is 11.5 Å². The standard InChI is InChI=1S/C21H21N3/c1-3-5-15-6-4-7-17(11-15)24-21-20-18-9-8-14(2)10-16(18)12-19(20)22-13-23-21/h4,6-11,13H,3,5,12H2,1-2H3,(H,22,23,24). The van der Waals surface area contributed by atoms with Crippen molar-refractivity contribution in [2.45, 2.75) is 33.1 Å². The van der Waals surface area contributed by atoms with Crippen LogP contribution < -0.4 is 5.32 Å². The summed E-state index contributed by atoms with van der Waals surface area (Å²) in [6.45, 7) is 4.34. The normalized spacial score (nSPS) is 11.9. The highest BCUT2D eigenvalue weighted by molar-refractivity contribution is 5.85. The molecule has 24 heavy (non-hydrogen) atoms. The van der Waals surface area contributed by atoms with Gasteiger partial charge in [0.2, 0.25) is 0 Å². The molecule has 2 aromatic carbocycles. The van der Waals surface area contributed by atoms with E-state index in [2.05, 4.69) is 71.6 Å². The van der Waals surface area contributed by atoms with Gasteiger partial charge in [-0.25, -0.2) is 9.97 Å². The van der Waals surface area contributed by atoms with E-state index in [4.69, 9.17) is 0 Å². The molecule has 1 aliphatic rings. The number of anilines is 2.